The third-order valence-corrected chi connectivity index (χ3v) is 4.03. The fraction of sp³-hybridized carbons (Fsp3) is 0.588. The van der Waals surface area contributed by atoms with Gasteiger partial charge in [0.15, 0.2) is 0 Å². The summed E-state index contributed by atoms with van der Waals surface area (Å²) >= 11 is 0. The second kappa shape index (κ2) is 8.15. The van der Waals surface area contributed by atoms with E-state index < -0.39 is 0 Å². The standard InChI is InChI=1S/C17H25NO3/c1-3-18-15-8-10-16(11-9-15)21-12-13-4-6-14(7-5-13)17(19)20-2/h4-7,15-16,18H,3,8-12H2,1-2H3. The number of rotatable bonds is 6. The van der Waals surface area contributed by atoms with Crippen LogP contribution in [-0.4, -0.2) is 31.8 Å². The van der Waals surface area contributed by atoms with Gasteiger partial charge in [-0.3, -0.25) is 0 Å². The summed E-state index contributed by atoms with van der Waals surface area (Å²) in [6.07, 6.45) is 5.00. The Kier molecular flexibility index (Phi) is 6.21. The summed E-state index contributed by atoms with van der Waals surface area (Å²) < 4.78 is 10.7. The maximum Gasteiger partial charge on any atom is 0.337 e. The van der Waals surface area contributed by atoms with Crippen molar-refractivity contribution in [1.82, 2.24) is 5.32 Å². The molecule has 1 N–H and O–H groups in total. The highest BCUT2D eigenvalue weighted by atomic mass is 16.5. The molecule has 1 aromatic rings. The summed E-state index contributed by atoms with van der Waals surface area (Å²) in [4.78, 5) is 11.4. The molecule has 0 atom stereocenters. The van der Waals surface area contributed by atoms with Gasteiger partial charge in [0.1, 0.15) is 0 Å². The molecule has 4 nitrogen and oxygen atoms in total. The first-order valence-electron chi connectivity index (χ1n) is 7.75. The zero-order chi connectivity index (χ0) is 15.1. The molecule has 0 bridgehead atoms. The predicted molar refractivity (Wildman–Crippen MR) is 82.3 cm³/mol. The summed E-state index contributed by atoms with van der Waals surface area (Å²) in [5, 5.41) is 3.50. The van der Waals surface area contributed by atoms with Gasteiger partial charge in [-0.15, -0.1) is 0 Å². The van der Waals surface area contributed by atoms with Crippen LogP contribution in [0, 0.1) is 0 Å². The second-order valence-electron chi connectivity index (χ2n) is 5.53. The molecule has 0 aromatic heterocycles. The van der Waals surface area contributed by atoms with Crippen LogP contribution >= 0.6 is 0 Å². The summed E-state index contributed by atoms with van der Waals surface area (Å²) in [7, 11) is 1.39. The first-order valence-corrected chi connectivity index (χ1v) is 7.75. The Balaban J connectivity index is 1.75. The topological polar surface area (TPSA) is 47.6 Å². The quantitative estimate of drug-likeness (QED) is 0.819. The maximum absolute atomic E-state index is 11.4. The van der Waals surface area contributed by atoms with E-state index in [4.69, 9.17) is 4.74 Å². The first-order chi connectivity index (χ1) is 10.2. The lowest BCUT2D eigenvalue weighted by Gasteiger charge is -2.29. The van der Waals surface area contributed by atoms with Gasteiger partial charge in [0.05, 0.1) is 25.4 Å². The molecule has 0 radical (unpaired) electrons. The van der Waals surface area contributed by atoms with Crippen LogP contribution < -0.4 is 5.32 Å². The number of nitrogens with one attached hydrogen (secondary N) is 1. The monoisotopic (exact) mass is 291 g/mol. The van der Waals surface area contributed by atoms with Crippen LogP contribution in [0.1, 0.15) is 48.5 Å². The Morgan fingerprint density at radius 1 is 1.19 bits per heavy atom. The normalized spacial score (nSPS) is 22.0. The zero-order valence-electron chi connectivity index (χ0n) is 12.9. The minimum atomic E-state index is -0.302. The molecule has 0 spiro atoms. The Labute approximate surface area is 126 Å². The zero-order valence-corrected chi connectivity index (χ0v) is 12.9. The van der Waals surface area contributed by atoms with Gasteiger partial charge in [-0.1, -0.05) is 19.1 Å². The van der Waals surface area contributed by atoms with Gasteiger partial charge in [0.25, 0.3) is 0 Å². The molecule has 116 valence electrons. The Hall–Kier alpha value is -1.39. The smallest absolute Gasteiger partial charge is 0.337 e. The number of carbonyl (C=O) groups is 1. The highest BCUT2D eigenvalue weighted by Gasteiger charge is 2.20. The Morgan fingerprint density at radius 2 is 1.86 bits per heavy atom. The van der Waals surface area contributed by atoms with Crippen LogP contribution in [0.15, 0.2) is 24.3 Å². The molecule has 1 aliphatic carbocycles. The number of carbonyl (C=O) groups excluding carboxylic acids is 1. The number of hydrogen-bond acceptors (Lipinski definition) is 4. The third-order valence-electron chi connectivity index (χ3n) is 4.03. The number of esters is 1. The fourth-order valence-electron chi connectivity index (χ4n) is 2.79. The van der Waals surface area contributed by atoms with Gasteiger partial charge < -0.3 is 14.8 Å². The summed E-state index contributed by atoms with van der Waals surface area (Å²) in [5.41, 5.74) is 1.67. The van der Waals surface area contributed by atoms with E-state index in [0.29, 0.717) is 24.3 Å². The van der Waals surface area contributed by atoms with Gasteiger partial charge in [-0.05, 0) is 49.9 Å². The van der Waals surface area contributed by atoms with E-state index >= 15 is 0 Å². The minimum absolute atomic E-state index is 0.302. The molecule has 0 aliphatic heterocycles. The van der Waals surface area contributed by atoms with E-state index in [9.17, 15) is 4.79 Å². The van der Waals surface area contributed by atoms with Crippen molar-refractivity contribution >= 4 is 5.97 Å². The first kappa shape index (κ1) is 16.0. The van der Waals surface area contributed by atoms with Gasteiger partial charge in [-0.2, -0.15) is 0 Å². The van der Waals surface area contributed by atoms with E-state index in [2.05, 4.69) is 17.0 Å². The minimum Gasteiger partial charge on any atom is -0.465 e. The van der Waals surface area contributed by atoms with Crippen molar-refractivity contribution in [3.05, 3.63) is 35.4 Å². The van der Waals surface area contributed by atoms with Crippen molar-refractivity contribution in [3.8, 4) is 0 Å². The van der Waals surface area contributed by atoms with Crippen molar-refractivity contribution in [1.29, 1.82) is 0 Å². The molecule has 1 saturated carbocycles. The fourth-order valence-corrected chi connectivity index (χ4v) is 2.79. The van der Waals surface area contributed by atoms with E-state index in [1.54, 1.807) is 12.1 Å². The van der Waals surface area contributed by atoms with Crippen LogP contribution in [0.25, 0.3) is 0 Å². The van der Waals surface area contributed by atoms with E-state index in [-0.39, 0.29) is 5.97 Å². The number of hydrogen-bond donors (Lipinski definition) is 1. The van der Waals surface area contributed by atoms with E-state index in [1.165, 1.54) is 20.0 Å². The van der Waals surface area contributed by atoms with Crippen molar-refractivity contribution in [3.63, 3.8) is 0 Å². The maximum atomic E-state index is 11.4. The van der Waals surface area contributed by atoms with Crippen molar-refractivity contribution in [2.75, 3.05) is 13.7 Å². The second-order valence-corrected chi connectivity index (χ2v) is 5.53. The summed E-state index contributed by atoms with van der Waals surface area (Å²) in [5.74, 6) is -0.302. The average Bonchev–Trinajstić information content (AvgIpc) is 2.54. The van der Waals surface area contributed by atoms with Gasteiger partial charge in [0.2, 0.25) is 0 Å². The molecule has 0 unspecified atom stereocenters. The summed E-state index contributed by atoms with van der Waals surface area (Å²) in [6, 6.07) is 8.08. The number of ether oxygens (including phenoxy) is 2. The molecular weight excluding hydrogens is 266 g/mol. The lowest BCUT2D eigenvalue weighted by atomic mass is 9.93. The van der Waals surface area contributed by atoms with Crippen LogP contribution in [0.3, 0.4) is 0 Å². The molecule has 1 aromatic carbocycles. The van der Waals surface area contributed by atoms with Crippen molar-refractivity contribution in [2.45, 2.75) is 51.4 Å². The molecule has 2 rings (SSSR count). The van der Waals surface area contributed by atoms with Crippen LogP contribution in [-0.2, 0) is 16.1 Å². The molecule has 21 heavy (non-hydrogen) atoms. The molecule has 0 amide bonds. The van der Waals surface area contributed by atoms with Crippen molar-refractivity contribution in [2.24, 2.45) is 0 Å². The Bertz CT molecular complexity index is 436. The number of methoxy groups -OCH3 is 1. The summed E-state index contributed by atoms with van der Waals surface area (Å²) in [6.45, 7) is 3.81. The van der Waals surface area contributed by atoms with Gasteiger partial charge in [0, 0.05) is 6.04 Å². The van der Waals surface area contributed by atoms with E-state index in [0.717, 1.165) is 24.9 Å². The third kappa shape index (κ3) is 4.83. The largest absolute Gasteiger partial charge is 0.465 e. The lowest BCUT2D eigenvalue weighted by molar-refractivity contribution is 0.0114. The van der Waals surface area contributed by atoms with E-state index in [1.807, 2.05) is 12.1 Å². The van der Waals surface area contributed by atoms with Crippen molar-refractivity contribution < 1.29 is 14.3 Å². The van der Waals surface area contributed by atoms with Crippen LogP contribution in [0.2, 0.25) is 0 Å². The molecular formula is C17H25NO3. The van der Waals surface area contributed by atoms with Crippen LogP contribution in [0.5, 0.6) is 0 Å². The highest BCUT2D eigenvalue weighted by Crippen LogP contribution is 2.22. The van der Waals surface area contributed by atoms with Crippen LogP contribution in [0.4, 0.5) is 0 Å². The predicted octanol–water partition coefficient (Wildman–Crippen LogP) is 2.91. The number of benzene rings is 1. The lowest BCUT2D eigenvalue weighted by Crippen LogP contribution is -2.35. The molecule has 0 heterocycles. The molecule has 1 aliphatic rings. The average molecular weight is 291 g/mol. The SMILES string of the molecule is CCNC1CCC(OCc2ccc(C(=O)OC)cc2)CC1. The highest BCUT2D eigenvalue weighted by molar-refractivity contribution is 5.89. The van der Waals surface area contributed by atoms with Gasteiger partial charge >= 0.3 is 5.97 Å². The molecule has 0 saturated heterocycles. The Morgan fingerprint density at radius 3 is 2.43 bits per heavy atom. The molecule has 1 fully saturated rings. The van der Waals surface area contributed by atoms with Gasteiger partial charge in [-0.25, -0.2) is 4.79 Å². The molecule has 4 heteroatoms.